The highest BCUT2D eigenvalue weighted by molar-refractivity contribution is 6.40. The van der Waals surface area contributed by atoms with Gasteiger partial charge < -0.3 is 10.1 Å². The molecule has 3 aromatic carbocycles. The Balaban J connectivity index is 1.52. The number of carbonyl (C=O) groups is 4. The number of hydrogen-bond acceptors (Lipinski definition) is 5. The van der Waals surface area contributed by atoms with Gasteiger partial charge in [0.25, 0.3) is 17.7 Å². The van der Waals surface area contributed by atoms with Gasteiger partial charge >= 0.3 is 6.03 Å². The molecular weight excluding hydrogens is 565 g/mol. The number of amides is 5. The molecule has 1 aliphatic heterocycles. The van der Waals surface area contributed by atoms with Crippen LogP contribution in [0, 0.1) is 20.8 Å². The Morgan fingerprint density at radius 1 is 0.897 bits per heavy atom. The summed E-state index contributed by atoms with van der Waals surface area (Å²) in [6.07, 6.45) is 1.25. The zero-order valence-corrected chi connectivity index (χ0v) is 23.3. The quantitative estimate of drug-likeness (QED) is 0.262. The molecule has 3 aromatic rings. The van der Waals surface area contributed by atoms with Crippen molar-refractivity contribution in [1.29, 1.82) is 0 Å². The van der Waals surface area contributed by atoms with E-state index >= 15 is 0 Å². The summed E-state index contributed by atoms with van der Waals surface area (Å²) in [6, 6.07) is 12.1. The summed E-state index contributed by atoms with van der Waals surface area (Å²) in [5.74, 6) is -2.09. The maximum Gasteiger partial charge on any atom is 0.335 e. The van der Waals surface area contributed by atoms with Crippen LogP contribution in [0.3, 0.4) is 0 Å². The smallest absolute Gasteiger partial charge is 0.335 e. The summed E-state index contributed by atoms with van der Waals surface area (Å²) in [5, 5.41) is 5.34. The van der Waals surface area contributed by atoms with Crippen molar-refractivity contribution in [2.45, 2.75) is 20.8 Å². The number of barbiturate groups is 1. The van der Waals surface area contributed by atoms with Gasteiger partial charge in [-0.25, -0.2) is 9.69 Å². The van der Waals surface area contributed by atoms with Gasteiger partial charge in [-0.15, -0.1) is 0 Å². The fraction of sp³-hybridized carbons (Fsp3) is 0.143. The van der Waals surface area contributed by atoms with Gasteiger partial charge in [0.05, 0.1) is 15.7 Å². The Morgan fingerprint density at radius 3 is 2.21 bits per heavy atom. The van der Waals surface area contributed by atoms with Crippen LogP contribution in [0.15, 0.2) is 54.1 Å². The molecule has 39 heavy (non-hydrogen) atoms. The lowest BCUT2D eigenvalue weighted by Crippen LogP contribution is -2.54. The molecule has 0 spiro atoms. The second kappa shape index (κ2) is 11.5. The van der Waals surface area contributed by atoms with E-state index in [1.165, 1.54) is 24.3 Å². The van der Waals surface area contributed by atoms with Crippen LogP contribution >= 0.6 is 34.8 Å². The summed E-state index contributed by atoms with van der Waals surface area (Å²) >= 11 is 18.9. The average Bonchev–Trinajstić information content (AvgIpc) is 2.85. The molecule has 0 unspecified atom stereocenters. The lowest BCUT2D eigenvalue weighted by atomic mass is 10.1. The molecule has 8 nitrogen and oxygen atoms in total. The van der Waals surface area contributed by atoms with Crippen molar-refractivity contribution in [2.75, 3.05) is 16.8 Å². The molecule has 5 amide bonds. The number of nitrogens with zero attached hydrogens (tertiary/aromatic N) is 1. The number of rotatable bonds is 6. The zero-order valence-electron chi connectivity index (χ0n) is 21.0. The molecule has 0 atom stereocenters. The van der Waals surface area contributed by atoms with E-state index in [1.807, 2.05) is 26.0 Å². The number of carbonyl (C=O) groups excluding carboxylic acids is 4. The van der Waals surface area contributed by atoms with Crippen LogP contribution in [0.1, 0.15) is 22.3 Å². The van der Waals surface area contributed by atoms with E-state index in [0.717, 1.165) is 21.6 Å². The van der Waals surface area contributed by atoms with Gasteiger partial charge in [-0.05, 0) is 85.5 Å². The van der Waals surface area contributed by atoms with E-state index in [4.69, 9.17) is 39.5 Å². The number of imide groups is 2. The maximum absolute atomic E-state index is 13.1. The zero-order chi connectivity index (χ0) is 28.4. The van der Waals surface area contributed by atoms with Crippen LogP contribution < -0.4 is 20.3 Å². The number of anilines is 2. The van der Waals surface area contributed by atoms with Crippen molar-refractivity contribution >= 4 is 76.0 Å². The Hall–Kier alpha value is -3.85. The van der Waals surface area contributed by atoms with Crippen LogP contribution in [-0.4, -0.2) is 30.4 Å². The number of ether oxygens (including phenoxy) is 1. The molecule has 1 heterocycles. The maximum atomic E-state index is 13.1. The third-order valence-corrected chi connectivity index (χ3v) is 6.95. The van der Waals surface area contributed by atoms with E-state index in [1.54, 1.807) is 25.1 Å². The third-order valence-electron chi connectivity index (χ3n) is 5.99. The summed E-state index contributed by atoms with van der Waals surface area (Å²) in [4.78, 5) is 51.3. The lowest BCUT2D eigenvalue weighted by molar-refractivity contribution is -0.122. The molecule has 1 fully saturated rings. The van der Waals surface area contributed by atoms with Crippen LogP contribution in [0.25, 0.3) is 6.08 Å². The fourth-order valence-electron chi connectivity index (χ4n) is 3.73. The molecule has 2 N–H and O–H groups in total. The molecule has 4 rings (SSSR count). The van der Waals surface area contributed by atoms with E-state index in [2.05, 4.69) is 10.6 Å². The average molecular weight is 587 g/mol. The number of hydrogen-bond donors (Lipinski definition) is 2. The first-order valence-electron chi connectivity index (χ1n) is 11.6. The lowest BCUT2D eigenvalue weighted by Gasteiger charge is -2.26. The summed E-state index contributed by atoms with van der Waals surface area (Å²) in [7, 11) is 0. The minimum Gasteiger partial charge on any atom is -0.481 e. The van der Waals surface area contributed by atoms with Gasteiger partial charge in [0.2, 0.25) is 0 Å². The molecule has 0 bridgehead atoms. The molecule has 11 heteroatoms. The van der Waals surface area contributed by atoms with Crippen molar-refractivity contribution in [1.82, 2.24) is 5.32 Å². The number of benzene rings is 3. The third kappa shape index (κ3) is 6.25. The van der Waals surface area contributed by atoms with Gasteiger partial charge in [-0.2, -0.15) is 0 Å². The normalized spacial score (nSPS) is 14.5. The predicted molar refractivity (Wildman–Crippen MR) is 152 cm³/mol. The molecule has 1 saturated heterocycles. The largest absolute Gasteiger partial charge is 0.481 e. The van der Waals surface area contributed by atoms with Gasteiger partial charge in [0.1, 0.15) is 5.57 Å². The summed E-state index contributed by atoms with van der Waals surface area (Å²) in [6.45, 7) is 5.33. The summed E-state index contributed by atoms with van der Waals surface area (Å²) in [5.41, 5.74) is 3.69. The van der Waals surface area contributed by atoms with E-state index in [9.17, 15) is 19.2 Å². The second-order valence-corrected chi connectivity index (χ2v) is 10.1. The summed E-state index contributed by atoms with van der Waals surface area (Å²) < 4.78 is 5.54. The molecular formula is C28H22Cl3N3O5. The van der Waals surface area contributed by atoms with Gasteiger partial charge in [-0.3, -0.25) is 19.7 Å². The van der Waals surface area contributed by atoms with Crippen LogP contribution in [0.2, 0.25) is 15.1 Å². The topological polar surface area (TPSA) is 105 Å². The molecule has 1 aliphatic rings. The van der Waals surface area contributed by atoms with Crippen LogP contribution in [0.4, 0.5) is 16.2 Å². The highest BCUT2D eigenvalue weighted by Gasteiger charge is 2.37. The SMILES string of the molecule is Cc1ccc(NC(=O)COc2c(Cl)cc(/C=C3\C(=O)NC(=O)N(c4ccc(C)c(Cl)c4)C3=O)cc2Cl)cc1C. The number of nitrogens with one attached hydrogen (secondary N) is 2. The Bertz CT molecular complexity index is 1540. The standard InChI is InChI=1S/C28H22Cl3N3O5/c1-14-4-6-18(8-16(14)3)32-24(35)13-39-25-22(30)10-17(11-23(25)31)9-20-26(36)33-28(38)34(27(20)37)19-7-5-15(2)21(29)12-19/h4-12H,13H2,1-3H3,(H,32,35)(H,33,36,38)/b20-9+. The highest BCUT2D eigenvalue weighted by atomic mass is 35.5. The van der Waals surface area contributed by atoms with Crippen LogP contribution in [-0.2, 0) is 14.4 Å². The van der Waals surface area contributed by atoms with Crippen molar-refractivity contribution in [3.8, 4) is 5.75 Å². The Labute approximate surface area is 239 Å². The van der Waals surface area contributed by atoms with E-state index in [0.29, 0.717) is 16.3 Å². The molecule has 0 aromatic heterocycles. The number of halogens is 3. The van der Waals surface area contributed by atoms with E-state index in [-0.39, 0.29) is 33.7 Å². The van der Waals surface area contributed by atoms with Crippen molar-refractivity contribution in [3.63, 3.8) is 0 Å². The fourth-order valence-corrected chi connectivity index (χ4v) is 4.52. The molecule has 0 aliphatic carbocycles. The van der Waals surface area contributed by atoms with Crippen molar-refractivity contribution < 1.29 is 23.9 Å². The van der Waals surface area contributed by atoms with Gasteiger partial charge in [0.15, 0.2) is 12.4 Å². The second-order valence-electron chi connectivity index (χ2n) is 8.84. The minimum absolute atomic E-state index is 0.0512. The van der Waals surface area contributed by atoms with Crippen molar-refractivity contribution in [3.05, 3.63) is 91.4 Å². The Morgan fingerprint density at radius 2 is 1.56 bits per heavy atom. The van der Waals surface area contributed by atoms with Crippen LogP contribution in [0.5, 0.6) is 5.75 Å². The Kier molecular flexibility index (Phi) is 8.30. The van der Waals surface area contributed by atoms with Crippen molar-refractivity contribution in [2.24, 2.45) is 0 Å². The first-order valence-corrected chi connectivity index (χ1v) is 12.7. The first-order chi connectivity index (χ1) is 18.4. The predicted octanol–water partition coefficient (Wildman–Crippen LogP) is 6.26. The minimum atomic E-state index is -0.902. The van der Waals surface area contributed by atoms with Gasteiger partial charge in [-0.1, -0.05) is 46.9 Å². The number of aryl methyl sites for hydroxylation is 3. The van der Waals surface area contributed by atoms with Gasteiger partial charge in [0, 0.05) is 10.7 Å². The highest BCUT2D eigenvalue weighted by Crippen LogP contribution is 2.35. The molecule has 0 saturated carbocycles. The first kappa shape index (κ1) is 28.2. The number of urea groups is 1. The molecule has 200 valence electrons. The molecule has 0 radical (unpaired) electrons. The van der Waals surface area contributed by atoms with E-state index < -0.39 is 23.8 Å². The monoisotopic (exact) mass is 585 g/mol.